The minimum Gasteiger partial charge on any atom is -0.491 e. The Kier molecular flexibility index (Phi) is 8.51. The molecule has 2 aliphatic carbocycles. The minimum atomic E-state index is -1.11. The summed E-state index contributed by atoms with van der Waals surface area (Å²) in [7, 11) is 0. The summed E-state index contributed by atoms with van der Waals surface area (Å²) < 4.78 is 74.5. The third-order valence-corrected chi connectivity index (χ3v) is 7.90. The van der Waals surface area contributed by atoms with Gasteiger partial charge in [0.05, 0.1) is 6.61 Å². The number of ether oxygens (including phenoxy) is 1. The molecule has 0 radical (unpaired) electrons. The van der Waals surface area contributed by atoms with E-state index in [2.05, 4.69) is 0 Å². The average molecular weight is 493 g/mol. The molecule has 0 heterocycles. The van der Waals surface area contributed by atoms with Crippen molar-refractivity contribution in [2.45, 2.75) is 64.2 Å². The van der Waals surface area contributed by atoms with Gasteiger partial charge < -0.3 is 4.74 Å². The van der Waals surface area contributed by atoms with Gasteiger partial charge in [0.1, 0.15) is 18.3 Å². The minimum absolute atomic E-state index is 0.0388. The Morgan fingerprint density at radius 1 is 0.857 bits per heavy atom. The second kappa shape index (κ2) is 11.6. The fraction of sp³-hybridized carbons (Fsp3) is 0.517. The first-order valence-corrected chi connectivity index (χ1v) is 12.7. The van der Waals surface area contributed by atoms with Crippen molar-refractivity contribution in [2.75, 3.05) is 13.3 Å². The fourth-order valence-electron chi connectivity index (χ4n) is 6.02. The van der Waals surface area contributed by atoms with E-state index in [1.807, 2.05) is 6.07 Å². The molecule has 2 fully saturated rings. The zero-order chi connectivity index (χ0) is 24.9. The van der Waals surface area contributed by atoms with Crippen LogP contribution in [0.5, 0.6) is 5.75 Å². The maximum atomic E-state index is 15.0. The van der Waals surface area contributed by atoms with E-state index in [0.29, 0.717) is 11.8 Å². The number of benzene rings is 2. The molecule has 2 aromatic rings. The molecule has 2 aliphatic rings. The molecule has 0 aliphatic heterocycles. The quantitative estimate of drug-likeness (QED) is 0.350. The fourth-order valence-corrected chi connectivity index (χ4v) is 6.02. The number of allylic oxidation sites excluding steroid dienone is 2. The van der Waals surface area contributed by atoms with E-state index in [0.717, 1.165) is 56.9 Å². The van der Waals surface area contributed by atoms with Crippen LogP contribution in [0.15, 0.2) is 42.2 Å². The molecule has 0 unspecified atom stereocenters. The lowest BCUT2D eigenvalue weighted by molar-refractivity contribution is 0.171. The SMILES string of the molecule is CCOc1ccc(-c2ccc(C3CCC(C4CCC(/C=C(\F)CF)CC4)CC3)cc2F)c(F)c1F. The number of halogens is 5. The van der Waals surface area contributed by atoms with Crippen molar-refractivity contribution < 1.29 is 26.7 Å². The lowest BCUT2D eigenvalue weighted by Crippen LogP contribution is -2.25. The third kappa shape index (κ3) is 5.90. The molecule has 6 heteroatoms. The van der Waals surface area contributed by atoms with Crippen LogP contribution in [0.25, 0.3) is 11.1 Å². The number of hydrogen-bond acceptors (Lipinski definition) is 1. The lowest BCUT2D eigenvalue weighted by atomic mass is 9.68. The first kappa shape index (κ1) is 25.7. The van der Waals surface area contributed by atoms with Crippen molar-refractivity contribution in [1.29, 1.82) is 0 Å². The van der Waals surface area contributed by atoms with Gasteiger partial charge in [0.15, 0.2) is 11.6 Å². The number of hydrogen-bond donors (Lipinski definition) is 0. The van der Waals surface area contributed by atoms with Crippen LogP contribution in [0.3, 0.4) is 0 Å². The van der Waals surface area contributed by atoms with Gasteiger partial charge in [-0.05, 0) is 112 Å². The molecule has 1 nitrogen and oxygen atoms in total. The molecule has 2 saturated carbocycles. The first-order chi connectivity index (χ1) is 16.9. The van der Waals surface area contributed by atoms with Crippen LogP contribution in [0, 0.1) is 35.2 Å². The molecule has 0 saturated heterocycles. The van der Waals surface area contributed by atoms with E-state index in [9.17, 15) is 22.0 Å². The second-order valence-corrected chi connectivity index (χ2v) is 9.95. The van der Waals surface area contributed by atoms with E-state index in [-0.39, 0.29) is 35.3 Å². The molecule has 2 aromatic carbocycles. The molecule has 4 rings (SSSR count). The van der Waals surface area contributed by atoms with Crippen molar-refractivity contribution in [1.82, 2.24) is 0 Å². The van der Waals surface area contributed by atoms with Crippen molar-refractivity contribution in [3.8, 4) is 16.9 Å². The summed E-state index contributed by atoms with van der Waals surface area (Å²) in [6.45, 7) is 0.871. The van der Waals surface area contributed by atoms with Gasteiger partial charge in [0.2, 0.25) is 5.82 Å². The summed E-state index contributed by atoms with van der Waals surface area (Å²) in [6, 6.07) is 7.51. The topological polar surface area (TPSA) is 9.23 Å². The summed E-state index contributed by atoms with van der Waals surface area (Å²) in [4.78, 5) is 0. The van der Waals surface area contributed by atoms with Crippen LogP contribution in [0.1, 0.15) is 69.8 Å². The van der Waals surface area contributed by atoms with Crippen LogP contribution in [0.4, 0.5) is 22.0 Å². The van der Waals surface area contributed by atoms with Gasteiger partial charge in [-0.1, -0.05) is 12.1 Å². The zero-order valence-electron chi connectivity index (χ0n) is 20.1. The van der Waals surface area contributed by atoms with E-state index in [1.54, 1.807) is 13.0 Å². The Bertz CT molecular complexity index is 1030. The van der Waals surface area contributed by atoms with Gasteiger partial charge >= 0.3 is 0 Å². The summed E-state index contributed by atoms with van der Waals surface area (Å²) in [5, 5.41) is 0. The maximum absolute atomic E-state index is 15.0. The highest BCUT2D eigenvalue weighted by molar-refractivity contribution is 5.66. The summed E-state index contributed by atoms with van der Waals surface area (Å²) >= 11 is 0. The van der Waals surface area contributed by atoms with Crippen LogP contribution in [0.2, 0.25) is 0 Å². The summed E-state index contributed by atoms with van der Waals surface area (Å²) in [5.74, 6) is -1.98. The molecular weight excluding hydrogens is 459 g/mol. The van der Waals surface area contributed by atoms with Crippen LogP contribution >= 0.6 is 0 Å². The Morgan fingerprint density at radius 2 is 1.49 bits per heavy atom. The standard InChI is InChI=1S/C29H33F5O/c1-2-35-27-14-13-25(28(33)29(27)34)24-12-11-22(16-26(24)32)21-9-7-20(8-10-21)19-5-3-18(4-6-19)15-23(31)17-30/h11-16,18-21H,2-10,17H2,1H3/b23-15-. The normalized spacial score (nSPS) is 25.5. The van der Waals surface area contributed by atoms with E-state index in [1.165, 1.54) is 24.3 Å². The molecule has 0 atom stereocenters. The maximum Gasteiger partial charge on any atom is 0.201 e. The molecular formula is C29H33F5O. The van der Waals surface area contributed by atoms with Crippen LogP contribution in [-0.2, 0) is 0 Å². The highest BCUT2D eigenvalue weighted by Crippen LogP contribution is 2.44. The summed E-state index contributed by atoms with van der Waals surface area (Å²) in [6.07, 6.45) is 9.43. The van der Waals surface area contributed by atoms with E-state index >= 15 is 0 Å². The lowest BCUT2D eigenvalue weighted by Gasteiger charge is -2.37. The van der Waals surface area contributed by atoms with Crippen molar-refractivity contribution in [2.24, 2.45) is 17.8 Å². The monoisotopic (exact) mass is 492 g/mol. The van der Waals surface area contributed by atoms with Gasteiger partial charge in [-0.25, -0.2) is 17.6 Å². The largest absolute Gasteiger partial charge is 0.491 e. The molecule has 190 valence electrons. The van der Waals surface area contributed by atoms with Gasteiger partial charge in [0.25, 0.3) is 0 Å². The van der Waals surface area contributed by atoms with Gasteiger partial charge in [-0.3, -0.25) is 0 Å². The Labute approximate surface area is 204 Å². The zero-order valence-corrected chi connectivity index (χ0v) is 20.1. The second-order valence-electron chi connectivity index (χ2n) is 9.95. The Morgan fingerprint density at radius 3 is 2.09 bits per heavy atom. The predicted molar refractivity (Wildman–Crippen MR) is 128 cm³/mol. The molecule has 0 spiro atoms. The molecule has 0 amide bonds. The van der Waals surface area contributed by atoms with Crippen molar-refractivity contribution >= 4 is 0 Å². The smallest absolute Gasteiger partial charge is 0.201 e. The Balaban J connectivity index is 1.37. The Hall–Kier alpha value is -2.37. The van der Waals surface area contributed by atoms with E-state index < -0.39 is 30.0 Å². The third-order valence-electron chi connectivity index (χ3n) is 7.90. The molecule has 0 aromatic heterocycles. The summed E-state index contributed by atoms with van der Waals surface area (Å²) in [5.41, 5.74) is 0.819. The van der Waals surface area contributed by atoms with Crippen molar-refractivity contribution in [3.05, 3.63) is 65.2 Å². The highest BCUT2D eigenvalue weighted by Gasteiger charge is 2.31. The van der Waals surface area contributed by atoms with Crippen LogP contribution < -0.4 is 4.74 Å². The molecule has 0 N–H and O–H groups in total. The predicted octanol–water partition coefficient (Wildman–Crippen LogP) is 9.07. The molecule has 0 bridgehead atoms. The molecule has 35 heavy (non-hydrogen) atoms. The number of alkyl halides is 1. The first-order valence-electron chi connectivity index (χ1n) is 12.7. The van der Waals surface area contributed by atoms with Gasteiger partial charge in [-0.2, -0.15) is 4.39 Å². The van der Waals surface area contributed by atoms with Crippen LogP contribution in [-0.4, -0.2) is 13.3 Å². The number of rotatable bonds is 7. The van der Waals surface area contributed by atoms with Crippen molar-refractivity contribution in [3.63, 3.8) is 0 Å². The van der Waals surface area contributed by atoms with Gasteiger partial charge in [-0.15, -0.1) is 0 Å². The van der Waals surface area contributed by atoms with Gasteiger partial charge in [0, 0.05) is 11.1 Å². The highest BCUT2D eigenvalue weighted by atomic mass is 19.2. The van der Waals surface area contributed by atoms with E-state index in [4.69, 9.17) is 4.74 Å². The average Bonchev–Trinajstić information content (AvgIpc) is 2.88.